The Balaban J connectivity index is 0.00000180. The normalized spacial score (nSPS) is 8.95. The standard InChI is InChI=1S/C13H11N3O2.ClH.Li/c14-6-10-1-3-11(4-2-10)8-16-9-15-7-12(16)5-13(17)18;;/h1-4,7,9H,5,8H2,(H,17,18);1H;/q;;+1/p-1. The molecule has 2 rings (SSSR count). The number of imidazole rings is 1. The molecule has 1 N–H and O–H groups in total. The number of hydrogen-bond donors (Lipinski definition) is 1. The molecular formula is C13H11ClLiN3O2. The number of hydrogen-bond acceptors (Lipinski definition) is 3. The molecule has 0 saturated heterocycles. The molecule has 0 radical (unpaired) electrons. The van der Waals surface area contributed by atoms with E-state index in [-0.39, 0.29) is 37.7 Å². The fraction of sp³-hybridized carbons (Fsp3) is 0.154. The van der Waals surface area contributed by atoms with Crippen molar-refractivity contribution in [1.82, 2.24) is 9.55 Å². The Bertz CT molecular complexity index is 605. The largest absolute Gasteiger partial charge is 1.00 e. The van der Waals surface area contributed by atoms with Crippen molar-refractivity contribution in [3.8, 4) is 6.07 Å². The first kappa shape index (κ1) is 18.3. The average molecular weight is 284 g/mol. The first-order valence-corrected chi connectivity index (χ1v) is 5.39. The van der Waals surface area contributed by atoms with E-state index in [4.69, 9.17) is 10.4 Å². The van der Waals surface area contributed by atoms with Gasteiger partial charge in [0.15, 0.2) is 0 Å². The minimum atomic E-state index is -0.878. The molecule has 0 atom stereocenters. The maximum absolute atomic E-state index is 10.7. The summed E-state index contributed by atoms with van der Waals surface area (Å²) in [7, 11) is 0. The molecule has 98 valence electrons. The summed E-state index contributed by atoms with van der Waals surface area (Å²) in [6, 6.07) is 9.23. The predicted octanol–water partition coefficient (Wildman–Crippen LogP) is -4.56. The van der Waals surface area contributed by atoms with Gasteiger partial charge in [-0.1, -0.05) is 12.1 Å². The zero-order chi connectivity index (χ0) is 13.0. The Morgan fingerprint density at radius 1 is 1.35 bits per heavy atom. The fourth-order valence-corrected chi connectivity index (χ4v) is 1.67. The number of benzene rings is 1. The van der Waals surface area contributed by atoms with Crippen molar-refractivity contribution >= 4 is 5.97 Å². The molecule has 0 fully saturated rings. The van der Waals surface area contributed by atoms with E-state index >= 15 is 0 Å². The summed E-state index contributed by atoms with van der Waals surface area (Å²) in [5, 5.41) is 17.5. The van der Waals surface area contributed by atoms with E-state index < -0.39 is 5.97 Å². The molecule has 5 nitrogen and oxygen atoms in total. The van der Waals surface area contributed by atoms with Crippen molar-refractivity contribution in [1.29, 1.82) is 5.26 Å². The topological polar surface area (TPSA) is 78.9 Å². The summed E-state index contributed by atoms with van der Waals surface area (Å²) < 4.78 is 1.79. The van der Waals surface area contributed by atoms with E-state index in [1.165, 1.54) is 0 Å². The number of carbonyl (C=O) groups is 1. The maximum Gasteiger partial charge on any atom is 1.00 e. The van der Waals surface area contributed by atoms with Gasteiger partial charge in [0.25, 0.3) is 0 Å². The van der Waals surface area contributed by atoms with E-state index in [1.54, 1.807) is 29.2 Å². The summed E-state index contributed by atoms with van der Waals surface area (Å²) in [5.74, 6) is -0.878. The van der Waals surface area contributed by atoms with Gasteiger partial charge in [-0.2, -0.15) is 5.26 Å². The van der Waals surface area contributed by atoms with E-state index in [1.807, 2.05) is 12.1 Å². The van der Waals surface area contributed by atoms with Gasteiger partial charge in [-0.3, -0.25) is 4.79 Å². The van der Waals surface area contributed by atoms with Crippen molar-refractivity contribution in [3.05, 3.63) is 53.6 Å². The summed E-state index contributed by atoms with van der Waals surface area (Å²) in [4.78, 5) is 14.6. The van der Waals surface area contributed by atoms with Crippen molar-refractivity contribution in [2.24, 2.45) is 0 Å². The van der Waals surface area contributed by atoms with Crippen LogP contribution in [0.2, 0.25) is 0 Å². The second kappa shape index (κ2) is 8.45. The molecule has 0 spiro atoms. The van der Waals surface area contributed by atoms with Gasteiger partial charge in [0.1, 0.15) is 0 Å². The molecule has 0 bridgehead atoms. The second-order valence-corrected chi connectivity index (χ2v) is 3.89. The number of aliphatic carboxylic acids is 1. The molecule has 0 amide bonds. The van der Waals surface area contributed by atoms with Crippen LogP contribution in [-0.2, 0) is 17.8 Å². The molecule has 0 unspecified atom stereocenters. The zero-order valence-electron chi connectivity index (χ0n) is 11.0. The third kappa shape index (κ3) is 4.75. The van der Waals surface area contributed by atoms with Gasteiger partial charge in [0.2, 0.25) is 0 Å². The van der Waals surface area contributed by atoms with Crippen LogP contribution in [0.3, 0.4) is 0 Å². The van der Waals surface area contributed by atoms with Crippen LogP contribution < -0.4 is 31.3 Å². The van der Waals surface area contributed by atoms with Crippen LogP contribution in [0.25, 0.3) is 0 Å². The molecule has 1 aromatic heterocycles. The molecule has 20 heavy (non-hydrogen) atoms. The van der Waals surface area contributed by atoms with Gasteiger partial charge < -0.3 is 22.1 Å². The van der Waals surface area contributed by atoms with Crippen LogP contribution in [0.4, 0.5) is 0 Å². The number of aromatic nitrogens is 2. The van der Waals surface area contributed by atoms with Crippen LogP contribution in [0.1, 0.15) is 16.8 Å². The average Bonchev–Trinajstić information content (AvgIpc) is 2.77. The van der Waals surface area contributed by atoms with Crippen LogP contribution in [0, 0.1) is 11.3 Å². The number of rotatable bonds is 4. The Morgan fingerprint density at radius 2 is 2.00 bits per heavy atom. The smallest absolute Gasteiger partial charge is 1.00 e. The molecular weight excluding hydrogens is 273 g/mol. The first-order chi connectivity index (χ1) is 8.69. The minimum absolute atomic E-state index is 0. The van der Waals surface area contributed by atoms with Crippen molar-refractivity contribution in [3.63, 3.8) is 0 Å². The molecule has 2 aromatic rings. The van der Waals surface area contributed by atoms with Crippen LogP contribution in [0.5, 0.6) is 0 Å². The van der Waals surface area contributed by atoms with Crippen LogP contribution in [0.15, 0.2) is 36.8 Å². The quantitative estimate of drug-likeness (QED) is 0.573. The number of nitriles is 1. The van der Waals surface area contributed by atoms with Gasteiger partial charge in [0.05, 0.1) is 24.4 Å². The molecule has 1 heterocycles. The SMILES string of the molecule is N#Cc1ccc(Cn2cncc2CC(=O)O)cc1.[Cl-].[Li+]. The predicted molar refractivity (Wildman–Crippen MR) is 63.8 cm³/mol. The summed E-state index contributed by atoms with van der Waals surface area (Å²) in [6.07, 6.45) is 3.12. The summed E-state index contributed by atoms with van der Waals surface area (Å²) in [5.41, 5.74) is 2.26. The fourth-order valence-electron chi connectivity index (χ4n) is 1.67. The Morgan fingerprint density at radius 3 is 2.55 bits per heavy atom. The van der Waals surface area contributed by atoms with Gasteiger partial charge in [-0.05, 0) is 17.7 Å². The number of halogens is 1. The van der Waals surface area contributed by atoms with Crippen molar-refractivity contribution in [2.75, 3.05) is 0 Å². The molecule has 0 saturated carbocycles. The third-order valence-corrected chi connectivity index (χ3v) is 2.57. The monoisotopic (exact) mass is 283 g/mol. The van der Waals surface area contributed by atoms with Crippen LogP contribution in [-0.4, -0.2) is 20.6 Å². The van der Waals surface area contributed by atoms with Crippen LogP contribution >= 0.6 is 0 Å². The zero-order valence-corrected chi connectivity index (χ0v) is 11.7. The Kier molecular flexibility index (Phi) is 7.72. The van der Waals surface area contributed by atoms with Crippen molar-refractivity contribution in [2.45, 2.75) is 13.0 Å². The van der Waals surface area contributed by atoms with Gasteiger partial charge >= 0.3 is 24.8 Å². The van der Waals surface area contributed by atoms with E-state index in [2.05, 4.69) is 11.1 Å². The Hall–Kier alpha value is -1.72. The summed E-state index contributed by atoms with van der Waals surface area (Å²) >= 11 is 0. The first-order valence-electron chi connectivity index (χ1n) is 5.39. The second-order valence-electron chi connectivity index (χ2n) is 3.89. The maximum atomic E-state index is 10.7. The molecule has 0 aliphatic heterocycles. The van der Waals surface area contributed by atoms with Gasteiger partial charge in [-0.15, -0.1) is 0 Å². The minimum Gasteiger partial charge on any atom is -1.00 e. The third-order valence-electron chi connectivity index (χ3n) is 2.57. The van der Waals surface area contributed by atoms with Crippen molar-refractivity contribution < 1.29 is 41.2 Å². The van der Waals surface area contributed by atoms with E-state index in [9.17, 15) is 4.79 Å². The summed E-state index contributed by atoms with van der Waals surface area (Å²) in [6.45, 7) is 0.550. The molecule has 1 aromatic carbocycles. The number of nitrogens with zero attached hydrogens (tertiary/aromatic N) is 3. The van der Waals surface area contributed by atoms with Gasteiger partial charge in [-0.25, -0.2) is 4.98 Å². The van der Waals surface area contributed by atoms with E-state index in [0.717, 1.165) is 5.56 Å². The number of carboxylic acids is 1. The number of carboxylic acid groups (broad SMARTS) is 1. The molecule has 0 aliphatic carbocycles. The Labute approximate surface area is 134 Å². The van der Waals surface area contributed by atoms with Gasteiger partial charge in [0, 0.05) is 18.4 Å². The molecule has 0 aliphatic rings. The molecule has 7 heteroatoms. The van der Waals surface area contributed by atoms with E-state index in [0.29, 0.717) is 17.8 Å².